The van der Waals surface area contributed by atoms with Crippen LogP contribution in [0.25, 0.3) is 17.0 Å². The summed E-state index contributed by atoms with van der Waals surface area (Å²) in [6, 6.07) is 9.54. The predicted molar refractivity (Wildman–Crippen MR) is 110 cm³/mol. The van der Waals surface area contributed by atoms with Crippen molar-refractivity contribution >= 4 is 28.9 Å². The molecule has 0 bridgehead atoms. The van der Waals surface area contributed by atoms with E-state index >= 15 is 0 Å². The van der Waals surface area contributed by atoms with Crippen LogP contribution < -0.4 is 4.74 Å². The summed E-state index contributed by atoms with van der Waals surface area (Å²) in [5.41, 5.74) is 2.80. The smallest absolute Gasteiger partial charge is 0.342 e. The Labute approximate surface area is 172 Å². The summed E-state index contributed by atoms with van der Waals surface area (Å²) in [5.74, 6) is -1.76. The molecule has 0 fully saturated rings. The van der Waals surface area contributed by atoms with Gasteiger partial charge in [0.2, 0.25) is 0 Å². The maximum atomic E-state index is 13.2. The summed E-state index contributed by atoms with van der Waals surface area (Å²) >= 11 is 0. The summed E-state index contributed by atoms with van der Waals surface area (Å²) < 4.78 is 23.7. The van der Waals surface area contributed by atoms with Gasteiger partial charge in [-0.2, -0.15) is 0 Å². The van der Waals surface area contributed by atoms with Gasteiger partial charge in [-0.25, -0.2) is 14.0 Å². The SMILES string of the molecule is CCOC(=O)c1cc(/C=C/C(=O)O)c2cc(Cc3ccc(F)cc3)cnc2c1OC. The van der Waals surface area contributed by atoms with Crippen LogP contribution in [0, 0.1) is 5.82 Å². The Hall–Kier alpha value is -3.74. The number of carbonyl (C=O) groups is 2. The van der Waals surface area contributed by atoms with Crippen LogP contribution in [0.3, 0.4) is 0 Å². The zero-order valence-corrected chi connectivity index (χ0v) is 16.5. The number of esters is 1. The Kier molecular flexibility index (Phi) is 6.41. The van der Waals surface area contributed by atoms with E-state index in [0.29, 0.717) is 22.9 Å². The molecule has 0 saturated heterocycles. The highest BCUT2D eigenvalue weighted by Crippen LogP contribution is 2.33. The monoisotopic (exact) mass is 409 g/mol. The summed E-state index contributed by atoms with van der Waals surface area (Å²) in [7, 11) is 1.43. The molecule has 3 rings (SSSR count). The topological polar surface area (TPSA) is 85.7 Å². The van der Waals surface area contributed by atoms with Gasteiger partial charge in [0.25, 0.3) is 0 Å². The molecule has 1 aromatic heterocycles. The molecule has 0 atom stereocenters. The molecule has 0 aliphatic heterocycles. The number of carboxylic acid groups (broad SMARTS) is 1. The van der Waals surface area contributed by atoms with Crippen LogP contribution in [0.4, 0.5) is 4.39 Å². The van der Waals surface area contributed by atoms with Crippen molar-refractivity contribution in [2.24, 2.45) is 0 Å². The number of hydrogen-bond donors (Lipinski definition) is 1. The molecule has 3 aromatic rings. The number of carbonyl (C=O) groups excluding carboxylic acids is 1. The zero-order chi connectivity index (χ0) is 21.7. The van der Waals surface area contributed by atoms with Crippen LogP contribution >= 0.6 is 0 Å². The van der Waals surface area contributed by atoms with Gasteiger partial charge in [-0.3, -0.25) is 4.98 Å². The molecule has 1 heterocycles. The first-order valence-electron chi connectivity index (χ1n) is 9.25. The van der Waals surface area contributed by atoms with Gasteiger partial charge >= 0.3 is 11.9 Å². The van der Waals surface area contributed by atoms with Crippen molar-refractivity contribution in [3.05, 3.63) is 76.7 Å². The quantitative estimate of drug-likeness (QED) is 0.464. The Bertz CT molecular complexity index is 1120. The molecule has 30 heavy (non-hydrogen) atoms. The molecule has 7 heteroatoms. The fourth-order valence-electron chi connectivity index (χ4n) is 3.14. The normalized spacial score (nSPS) is 11.0. The van der Waals surface area contributed by atoms with E-state index < -0.39 is 11.9 Å². The fourth-order valence-corrected chi connectivity index (χ4v) is 3.14. The van der Waals surface area contributed by atoms with Gasteiger partial charge in [0.05, 0.1) is 13.7 Å². The Morgan fingerprint density at radius 2 is 1.90 bits per heavy atom. The number of halogens is 1. The number of aromatic nitrogens is 1. The largest absolute Gasteiger partial charge is 0.494 e. The molecule has 0 saturated carbocycles. The predicted octanol–water partition coefficient (Wildman–Crippen LogP) is 4.25. The molecule has 2 aromatic carbocycles. The number of pyridine rings is 1. The number of rotatable bonds is 7. The molecule has 0 spiro atoms. The van der Waals surface area contributed by atoms with Gasteiger partial charge < -0.3 is 14.6 Å². The van der Waals surface area contributed by atoms with Crippen molar-refractivity contribution in [3.63, 3.8) is 0 Å². The van der Waals surface area contributed by atoms with Gasteiger partial charge in [0.15, 0.2) is 5.75 Å². The molecule has 6 nitrogen and oxygen atoms in total. The number of hydrogen-bond acceptors (Lipinski definition) is 5. The third-order valence-electron chi connectivity index (χ3n) is 4.44. The van der Waals surface area contributed by atoms with Crippen LogP contribution in [-0.2, 0) is 16.0 Å². The van der Waals surface area contributed by atoms with Gasteiger partial charge in [-0.1, -0.05) is 12.1 Å². The Balaban J connectivity index is 2.16. The highest BCUT2D eigenvalue weighted by Gasteiger charge is 2.20. The summed E-state index contributed by atoms with van der Waals surface area (Å²) in [5, 5.41) is 9.66. The fraction of sp³-hybridized carbons (Fsp3) is 0.174. The molecule has 0 radical (unpaired) electrons. The van der Waals surface area contributed by atoms with Crippen LogP contribution in [0.2, 0.25) is 0 Å². The molecule has 154 valence electrons. The highest BCUT2D eigenvalue weighted by molar-refractivity contribution is 6.04. The standard InChI is InChI=1S/C23H20FNO5/c1-3-30-23(28)19-12-16(6-9-20(26)27)18-11-15(13-25-21(18)22(19)29-2)10-14-4-7-17(24)8-5-14/h4-9,11-13H,3,10H2,1-2H3,(H,26,27)/b9-6+. The number of fused-ring (bicyclic) bond motifs is 1. The van der Waals surface area contributed by atoms with E-state index in [1.807, 2.05) is 6.07 Å². The third-order valence-corrected chi connectivity index (χ3v) is 4.44. The second-order valence-corrected chi connectivity index (χ2v) is 6.48. The number of aliphatic carboxylic acids is 1. The van der Waals surface area contributed by atoms with Crippen molar-refractivity contribution in [1.29, 1.82) is 0 Å². The van der Waals surface area contributed by atoms with Crippen LogP contribution in [-0.4, -0.2) is 35.7 Å². The van der Waals surface area contributed by atoms with Crippen molar-refractivity contribution in [1.82, 2.24) is 4.98 Å². The zero-order valence-electron chi connectivity index (χ0n) is 16.5. The van der Waals surface area contributed by atoms with Crippen LogP contribution in [0.5, 0.6) is 5.75 Å². The first-order valence-corrected chi connectivity index (χ1v) is 9.25. The minimum atomic E-state index is -1.12. The van der Waals surface area contributed by atoms with Crippen molar-refractivity contribution in [3.8, 4) is 5.75 Å². The summed E-state index contributed by atoms with van der Waals surface area (Å²) in [4.78, 5) is 27.9. The molecule has 0 amide bonds. The highest BCUT2D eigenvalue weighted by atomic mass is 19.1. The van der Waals surface area contributed by atoms with Gasteiger partial charge in [-0.15, -0.1) is 0 Å². The lowest BCUT2D eigenvalue weighted by atomic mass is 9.99. The lowest BCUT2D eigenvalue weighted by Gasteiger charge is -2.14. The third kappa shape index (κ3) is 4.63. The van der Waals surface area contributed by atoms with E-state index in [1.54, 1.807) is 25.3 Å². The van der Waals surface area contributed by atoms with E-state index in [2.05, 4.69) is 4.98 Å². The van der Waals surface area contributed by atoms with Crippen LogP contribution in [0.15, 0.2) is 48.7 Å². The Morgan fingerprint density at radius 1 is 1.17 bits per heavy atom. The molecule has 0 unspecified atom stereocenters. The van der Waals surface area contributed by atoms with Crippen molar-refractivity contribution < 1.29 is 28.6 Å². The summed E-state index contributed by atoms with van der Waals surface area (Å²) in [6.45, 7) is 1.88. The number of ether oxygens (including phenoxy) is 2. The molecule has 1 N–H and O–H groups in total. The second kappa shape index (κ2) is 9.17. The van der Waals surface area contributed by atoms with Gasteiger partial charge in [0.1, 0.15) is 16.9 Å². The van der Waals surface area contributed by atoms with Gasteiger partial charge in [-0.05, 0) is 60.4 Å². The van der Waals surface area contributed by atoms with Crippen molar-refractivity contribution in [2.75, 3.05) is 13.7 Å². The van der Waals surface area contributed by atoms with Crippen molar-refractivity contribution in [2.45, 2.75) is 13.3 Å². The average Bonchev–Trinajstić information content (AvgIpc) is 2.73. The number of nitrogens with zero attached hydrogens (tertiary/aromatic N) is 1. The van der Waals surface area contributed by atoms with E-state index in [0.717, 1.165) is 17.2 Å². The first kappa shape index (κ1) is 21.0. The summed E-state index contributed by atoms with van der Waals surface area (Å²) in [6.07, 6.45) is 4.54. The number of carboxylic acids is 1. The molecular formula is C23H20FNO5. The minimum absolute atomic E-state index is 0.163. The maximum absolute atomic E-state index is 13.2. The average molecular weight is 409 g/mol. The van der Waals surface area contributed by atoms with Gasteiger partial charge in [0, 0.05) is 17.7 Å². The Morgan fingerprint density at radius 3 is 2.53 bits per heavy atom. The first-order chi connectivity index (χ1) is 14.4. The lowest BCUT2D eigenvalue weighted by molar-refractivity contribution is -0.131. The minimum Gasteiger partial charge on any atom is -0.494 e. The number of benzene rings is 2. The van der Waals surface area contributed by atoms with Crippen LogP contribution in [0.1, 0.15) is 34.0 Å². The van der Waals surface area contributed by atoms with E-state index in [-0.39, 0.29) is 23.7 Å². The van der Waals surface area contributed by atoms with E-state index in [1.165, 1.54) is 31.4 Å². The molecule has 0 aliphatic rings. The molecule has 0 aliphatic carbocycles. The van der Waals surface area contributed by atoms with E-state index in [4.69, 9.17) is 14.6 Å². The van der Waals surface area contributed by atoms with E-state index in [9.17, 15) is 14.0 Å². The maximum Gasteiger partial charge on any atom is 0.342 e. The lowest BCUT2D eigenvalue weighted by Crippen LogP contribution is -2.08. The number of methoxy groups -OCH3 is 1. The second-order valence-electron chi connectivity index (χ2n) is 6.48. The molecular weight excluding hydrogens is 389 g/mol.